The van der Waals surface area contributed by atoms with Gasteiger partial charge in [0, 0.05) is 0 Å². The van der Waals surface area contributed by atoms with Gasteiger partial charge in [0.25, 0.3) is 0 Å². The highest BCUT2D eigenvalue weighted by Crippen LogP contribution is 2.09. The second kappa shape index (κ2) is 8.69. The highest BCUT2D eigenvalue weighted by molar-refractivity contribution is 5.95. The molecule has 0 unspecified atom stereocenters. The predicted octanol–water partition coefficient (Wildman–Crippen LogP) is -2.28. The Morgan fingerprint density at radius 2 is 1.50 bits per heavy atom. The number of hydrogen-bond acceptors (Lipinski definition) is 10. The van der Waals surface area contributed by atoms with Crippen LogP contribution in [-0.4, -0.2) is 38.1 Å². The zero-order valence-corrected chi connectivity index (χ0v) is 12.1. The summed E-state index contributed by atoms with van der Waals surface area (Å²) in [5.41, 5.74) is 27.7. The number of benzene rings is 1. The fourth-order valence-corrected chi connectivity index (χ4v) is 1.46. The molecular formula is C12H20N8O2. The minimum atomic E-state index is -0.781. The van der Waals surface area contributed by atoms with E-state index in [1.165, 1.54) is 19.5 Å². The Hall–Kier alpha value is -2.53. The molecule has 22 heavy (non-hydrogen) atoms. The maximum absolute atomic E-state index is 11.7. The van der Waals surface area contributed by atoms with Crippen LogP contribution in [-0.2, 0) is 4.74 Å². The third-order valence-electron chi connectivity index (χ3n) is 2.27. The van der Waals surface area contributed by atoms with E-state index >= 15 is 0 Å². The van der Waals surface area contributed by atoms with Gasteiger partial charge >= 0.3 is 5.97 Å². The molecule has 0 saturated heterocycles. The smallest absolute Gasteiger partial charge is 0.337 e. The summed E-state index contributed by atoms with van der Waals surface area (Å²) >= 11 is 0. The van der Waals surface area contributed by atoms with Crippen molar-refractivity contribution in [2.24, 2.45) is 33.1 Å². The second-order valence-corrected chi connectivity index (χ2v) is 4.21. The van der Waals surface area contributed by atoms with Crippen molar-refractivity contribution in [3.05, 3.63) is 34.9 Å². The molecule has 0 aliphatic rings. The Kier molecular flexibility index (Phi) is 6.92. The monoisotopic (exact) mass is 308 g/mol. The number of nitrogens with one attached hydrogen (secondary N) is 2. The molecule has 0 bridgehead atoms. The molecule has 10 N–H and O–H groups in total. The first kappa shape index (κ1) is 17.5. The molecule has 120 valence electrons. The van der Waals surface area contributed by atoms with Crippen LogP contribution in [0, 0.1) is 0 Å². The molecule has 0 radical (unpaired) electrons. The van der Waals surface area contributed by atoms with Crippen LogP contribution in [0.25, 0.3) is 0 Å². The molecule has 0 saturated carbocycles. The Labute approximate surface area is 127 Å². The SMILES string of the molecule is COC(=O)c1cc(/C=N/NC(N)N)cc(/C=N/NC(N)N)c1. The fourth-order valence-electron chi connectivity index (χ4n) is 1.46. The third-order valence-corrected chi connectivity index (χ3v) is 2.27. The first-order valence-electron chi connectivity index (χ1n) is 6.25. The average Bonchev–Trinajstić information content (AvgIpc) is 2.45. The highest BCUT2D eigenvalue weighted by Gasteiger charge is 2.07. The van der Waals surface area contributed by atoms with E-state index in [1.54, 1.807) is 18.2 Å². The van der Waals surface area contributed by atoms with Crippen LogP contribution < -0.4 is 33.8 Å². The lowest BCUT2D eigenvalue weighted by Crippen LogP contribution is -2.42. The fraction of sp³-hybridized carbons (Fsp3) is 0.250. The number of carbonyl (C=O) groups is 1. The molecule has 0 heterocycles. The molecule has 0 fully saturated rings. The predicted molar refractivity (Wildman–Crippen MR) is 83.6 cm³/mol. The number of hydrogen-bond donors (Lipinski definition) is 6. The number of carbonyl (C=O) groups excluding carboxylic acids is 1. The summed E-state index contributed by atoms with van der Waals surface area (Å²) in [4.78, 5) is 11.7. The van der Waals surface area contributed by atoms with E-state index in [0.29, 0.717) is 16.7 Å². The lowest BCUT2D eigenvalue weighted by atomic mass is 10.1. The summed E-state index contributed by atoms with van der Waals surface area (Å²) in [6.45, 7) is 0. The van der Waals surface area contributed by atoms with Gasteiger partial charge in [-0.2, -0.15) is 10.2 Å². The van der Waals surface area contributed by atoms with Gasteiger partial charge in [0.15, 0.2) is 0 Å². The van der Waals surface area contributed by atoms with E-state index < -0.39 is 18.5 Å². The molecule has 0 aliphatic carbocycles. The van der Waals surface area contributed by atoms with Crippen LogP contribution in [0.4, 0.5) is 0 Å². The first-order chi connectivity index (χ1) is 10.4. The van der Waals surface area contributed by atoms with Crippen LogP contribution in [0.15, 0.2) is 28.4 Å². The minimum absolute atomic E-state index is 0.335. The number of esters is 1. The van der Waals surface area contributed by atoms with E-state index in [4.69, 9.17) is 27.7 Å². The molecule has 0 aromatic heterocycles. The van der Waals surface area contributed by atoms with Crippen molar-refractivity contribution in [2.75, 3.05) is 7.11 Å². The Bertz CT molecular complexity index is 518. The topological polar surface area (TPSA) is 179 Å². The molecule has 0 aliphatic heterocycles. The third kappa shape index (κ3) is 6.28. The zero-order chi connectivity index (χ0) is 16.5. The maximum Gasteiger partial charge on any atom is 0.337 e. The van der Waals surface area contributed by atoms with Crippen molar-refractivity contribution >= 4 is 18.4 Å². The number of nitrogens with two attached hydrogens (primary N) is 4. The Morgan fingerprint density at radius 3 is 1.86 bits per heavy atom. The number of rotatable bonds is 7. The summed E-state index contributed by atoms with van der Waals surface area (Å²) < 4.78 is 4.69. The van der Waals surface area contributed by atoms with Gasteiger partial charge in [0.1, 0.15) is 12.6 Å². The largest absolute Gasteiger partial charge is 0.465 e. The van der Waals surface area contributed by atoms with Gasteiger partial charge in [-0.25, -0.2) is 4.79 Å². The highest BCUT2D eigenvalue weighted by atomic mass is 16.5. The molecule has 1 aromatic rings. The quantitative estimate of drug-likeness (QED) is 0.141. The Morgan fingerprint density at radius 1 is 1.05 bits per heavy atom. The first-order valence-corrected chi connectivity index (χ1v) is 6.25. The molecule has 0 amide bonds. The van der Waals surface area contributed by atoms with E-state index in [2.05, 4.69) is 21.1 Å². The molecule has 10 nitrogen and oxygen atoms in total. The van der Waals surface area contributed by atoms with Crippen molar-refractivity contribution in [1.82, 2.24) is 10.9 Å². The van der Waals surface area contributed by atoms with Crippen molar-refractivity contribution in [1.29, 1.82) is 0 Å². The maximum atomic E-state index is 11.7. The Balaban J connectivity index is 3.02. The molecular weight excluding hydrogens is 288 g/mol. The molecule has 1 rings (SSSR count). The molecule has 1 aromatic carbocycles. The molecule has 0 spiro atoms. The lowest BCUT2D eigenvalue weighted by Gasteiger charge is -2.06. The summed E-state index contributed by atoms with van der Waals surface area (Å²) in [6, 6.07) is 4.92. The van der Waals surface area contributed by atoms with Crippen molar-refractivity contribution in [3.63, 3.8) is 0 Å². The summed E-state index contributed by atoms with van der Waals surface area (Å²) in [5.74, 6) is -0.489. The second-order valence-electron chi connectivity index (χ2n) is 4.21. The van der Waals surface area contributed by atoms with E-state index in [9.17, 15) is 4.79 Å². The van der Waals surface area contributed by atoms with Gasteiger partial charge in [-0.3, -0.25) is 33.8 Å². The van der Waals surface area contributed by atoms with E-state index in [1.807, 2.05) is 0 Å². The summed E-state index contributed by atoms with van der Waals surface area (Å²) in [7, 11) is 1.29. The van der Waals surface area contributed by atoms with Crippen LogP contribution in [0.2, 0.25) is 0 Å². The molecule has 0 atom stereocenters. The molecule has 10 heteroatoms. The number of nitrogens with zero attached hydrogens (tertiary/aromatic N) is 2. The van der Waals surface area contributed by atoms with Crippen LogP contribution in [0.1, 0.15) is 21.5 Å². The van der Waals surface area contributed by atoms with Crippen LogP contribution in [0.3, 0.4) is 0 Å². The lowest BCUT2D eigenvalue weighted by molar-refractivity contribution is 0.0600. The standard InChI is InChI=1S/C12H20N8O2/c1-22-10(21)9-3-7(5-17-19-11(13)14)2-8(4-9)6-18-20-12(15)16/h2-6,11-12,19-20H,13-16H2,1H3/b17-5+,18-6+. The van der Waals surface area contributed by atoms with E-state index in [-0.39, 0.29) is 0 Å². The number of methoxy groups -OCH3 is 1. The van der Waals surface area contributed by atoms with Gasteiger partial charge < -0.3 is 4.74 Å². The van der Waals surface area contributed by atoms with Crippen molar-refractivity contribution in [2.45, 2.75) is 12.6 Å². The van der Waals surface area contributed by atoms with Crippen molar-refractivity contribution < 1.29 is 9.53 Å². The average molecular weight is 308 g/mol. The normalized spacial score (nSPS) is 11.6. The zero-order valence-electron chi connectivity index (χ0n) is 12.1. The summed E-state index contributed by atoms with van der Waals surface area (Å²) in [6.07, 6.45) is 1.35. The van der Waals surface area contributed by atoms with Gasteiger partial charge in [-0.1, -0.05) is 0 Å². The van der Waals surface area contributed by atoms with Crippen LogP contribution >= 0.6 is 0 Å². The van der Waals surface area contributed by atoms with Gasteiger partial charge in [0.2, 0.25) is 0 Å². The van der Waals surface area contributed by atoms with Gasteiger partial charge in [-0.15, -0.1) is 0 Å². The minimum Gasteiger partial charge on any atom is -0.465 e. The van der Waals surface area contributed by atoms with Crippen molar-refractivity contribution in [3.8, 4) is 0 Å². The number of hydrazone groups is 2. The number of ether oxygens (including phenoxy) is 1. The summed E-state index contributed by atoms with van der Waals surface area (Å²) in [5, 5.41) is 7.68. The van der Waals surface area contributed by atoms with Crippen LogP contribution in [0.5, 0.6) is 0 Å². The van der Waals surface area contributed by atoms with E-state index in [0.717, 1.165) is 0 Å². The van der Waals surface area contributed by atoms with Gasteiger partial charge in [-0.05, 0) is 29.3 Å². The van der Waals surface area contributed by atoms with Gasteiger partial charge in [0.05, 0.1) is 25.1 Å².